The fraction of sp³-hybridized carbons (Fsp3) is 1.00. The predicted octanol–water partition coefficient (Wildman–Crippen LogP) is 2.99. The minimum Gasteiger partial charge on any atom is -0.367 e. The van der Waals surface area contributed by atoms with Gasteiger partial charge in [0.05, 0.1) is 11.7 Å². The van der Waals surface area contributed by atoms with Crippen LogP contribution in [0.3, 0.4) is 0 Å². The zero-order valence-corrected chi connectivity index (χ0v) is 8.18. The second-order valence-corrected chi connectivity index (χ2v) is 4.30. The van der Waals surface area contributed by atoms with Crippen molar-refractivity contribution in [3.63, 3.8) is 0 Å². The van der Waals surface area contributed by atoms with Crippen LogP contribution in [0.4, 0.5) is 0 Å². The molecule has 1 rings (SSSR count). The fourth-order valence-electron chi connectivity index (χ4n) is 1.38. The number of rotatable bonds is 4. The maximum absolute atomic E-state index is 5.50. The van der Waals surface area contributed by atoms with Crippen molar-refractivity contribution < 1.29 is 4.74 Å². The molecule has 2 atom stereocenters. The van der Waals surface area contributed by atoms with Gasteiger partial charge in [0.25, 0.3) is 0 Å². The summed E-state index contributed by atoms with van der Waals surface area (Å²) in [7, 11) is 0. The normalized spacial score (nSPS) is 30.0. The summed E-state index contributed by atoms with van der Waals surface area (Å²) in [6.45, 7) is 8.92. The van der Waals surface area contributed by atoms with Crippen molar-refractivity contribution in [1.29, 1.82) is 0 Å². The Balaban J connectivity index is 2.06. The third-order valence-electron chi connectivity index (χ3n) is 2.78. The van der Waals surface area contributed by atoms with Crippen molar-refractivity contribution in [2.45, 2.75) is 58.7 Å². The molecule has 11 heavy (non-hydrogen) atoms. The molecule has 0 amide bonds. The molecule has 0 N–H and O–H groups in total. The average Bonchev–Trinajstić information content (AvgIpc) is 2.54. The summed E-state index contributed by atoms with van der Waals surface area (Å²) in [6, 6.07) is 0. The van der Waals surface area contributed by atoms with Gasteiger partial charge in [0.15, 0.2) is 0 Å². The van der Waals surface area contributed by atoms with Gasteiger partial charge in [0, 0.05) is 0 Å². The lowest BCUT2D eigenvalue weighted by atomic mass is 9.98. The Morgan fingerprint density at radius 2 is 2.00 bits per heavy atom. The number of hydrogen-bond donors (Lipinski definition) is 0. The van der Waals surface area contributed by atoms with E-state index in [0.29, 0.717) is 6.10 Å². The van der Waals surface area contributed by atoms with Crippen molar-refractivity contribution in [2.24, 2.45) is 5.92 Å². The highest BCUT2D eigenvalue weighted by molar-refractivity contribution is 4.94. The van der Waals surface area contributed by atoms with Gasteiger partial charge < -0.3 is 4.74 Å². The van der Waals surface area contributed by atoms with E-state index in [1.54, 1.807) is 0 Å². The van der Waals surface area contributed by atoms with Gasteiger partial charge in [0.2, 0.25) is 0 Å². The summed E-state index contributed by atoms with van der Waals surface area (Å²) in [5, 5.41) is 0. The first kappa shape index (κ1) is 9.05. The molecule has 0 aromatic carbocycles. The zero-order valence-electron chi connectivity index (χ0n) is 8.18. The van der Waals surface area contributed by atoms with Gasteiger partial charge >= 0.3 is 0 Å². The van der Waals surface area contributed by atoms with E-state index in [2.05, 4.69) is 27.7 Å². The number of hydrogen-bond acceptors (Lipinski definition) is 1. The predicted molar refractivity (Wildman–Crippen MR) is 47.6 cm³/mol. The molecule has 0 spiro atoms. The van der Waals surface area contributed by atoms with E-state index >= 15 is 0 Å². The summed E-state index contributed by atoms with van der Waals surface area (Å²) < 4.78 is 5.50. The third kappa shape index (κ3) is 2.48. The molecular weight excluding hydrogens is 136 g/mol. The Bertz CT molecular complexity index is 129. The number of ether oxygens (including phenoxy) is 1. The van der Waals surface area contributed by atoms with Crippen LogP contribution in [-0.4, -0.2) is 11.7 Å². The molecule has 1 nitrogen and oxygen atoms in total. The maximum Gasteiger partial charge on any atom is 0.0892 e. The van der Waals surface area contributed by atoms with E-state index in [9.17, 15) is 0 Å². The summed E-state index contributed by atoms with van der Waals surface area (Å²) in [4.78, 5) is 0. The Labute approximate surface area is 70.1 Å². The second-order valence-electron chi connectivity index (χ2n) is 4.30. The van der Waals surface area contributed by atoms with Gasteiger partial charge in [0.1, 0.15) is 0 Å². The van der Waals surface area contributed by atoms with E-state index < -0.39 is 0 Å². The van der Waals surface area contributed by atoms with Crippen molar-refractivity contribution in [3.05, 3.63) is 0 Å². The minimum absolute atomic E-state index is 0.202. The first-order chi connectivity index (χ1) is 5.06. The lowest BCUT2D eigenvalue weighted by Crippen LogP contribution is -2.04. The SMILES string of the molecule is CC[C@@H](C)CCC1OC1(C)C. The van der Waals surface area contributed by atoms with Crippen LogP contribution >= 0.6 is 0 Å². The highest BCUT2D eigenvalue weighted by atomic mass is 16.6. The van der Waals surface area contributed by atoms with Crippen LogP contribution in [0, 0.1) is 5.92 Å². The molecule has 1 unspecified atom stereocenters. The monoisotopic (exact) mass is 156 g/mol. The highest BCUT2D eigenvalue weighted by Gasteiger charge is 2.46. The van der Waals surface area contributed by atoms with E-state index in [1.165, 1.54) is 19.3 Å². The molecule has 0 aromatic heterocycles. The van der Waals surface area contributed by atoms with E-state index in [0.717, 1.165) is 5.92 Å². The van der Waals surface area contributed by atoms with Crippen molar-refractivity contribution in [2.75, 3.05) is 0 Å². The average molecular weight is 156 g/mol. The molecule has 1 heterocycles. The summed E-state index contributed by atoms with van der Waals surface area (Å²) in [6.07, 6.45) is 4.43. The molecule has 0 saturated carbocycles. The molecule has 0 radical (unpaired) electrons. The highest BCUT2D eigenvalue weighted by Crippen LogP contribution is 2.39. The largest absolute Gasteiger partial charge is 0.367 e. The van der Waals surface area contributed by atoms with Gasteiger partial charge in [-0.15, -0.1) is 0 Å². The quantitative estimate of drug-likeness (QED) is 0.570. The van der Waals surface area contributed by atoms with Gasteiger partial charge in [-0.05, 0) is 32.6 Å². The molecular formula is C10H20O. The van der Waals surface area contributed by atoms with Gasteiger partial charge in [-0.1, -0.05) is 20.3 Å². The summed E-state index contributed by atoms with van der Waals surface area (Å²) >= 11 is 0. The van der Waals surface area contributed by atoms with Crippen LogP contribution in [0.1, 0.15) is 47.0 Å². The first-order valence-electron chi connectivity index (χ1n) is 4.74. The lowest BCUT2D eigenvalue weighted by Gasteiger charge is -2.05. The number of epoxide rings is 1. The van der Waals surface area contributed by atoms with Crippen LogP contribution in [0.15, 0.2) is 0 Å². The molecule has 66 valence electrons. The van der Waals surface area contributed by atoms with Crippen LogP contribution in [0.25, 0.3) is 0 Å². The van der Waals surface area contributed by atoms with Crippen molar-refractivity contribution in [3.8, 4) is 0 Å². The van der Waals surface area contributed by atoms with Crippen LogP contribution < -0.4 is 0 Å². The van der Waals surface area contributed by atoms with Crippen LogP contribution in [-0.2, 0) is 4.74 Å². The van der Waals surface area contributed by atoms with E-state index in [-0.39, 0.29) is 5.60 Å². The fourth-order valence-corrected chi connectivity index (χ4v) is 1.38. The topological polar surface area (TPSA) is 12.5 Å². The lowest BCUT2D eigenvalue weighted by molar-refractivity contribution is 0.313. The Morgan fingerprint density at radius 1 is 1.45 bits per heavy atom. The van der Waals surface area contributed by atoms with Crippen molar-refractivity contribution >= 4 is 0 Å². The van der Waals surface area contributed by atoms with Gasteiger partial charge in [-0.2, -0.15) is 0 Å². The smallest absolute Gasteiger partial charge is 0.0892 e. The molecule has 1 saturated heterocycles. The molecule has 1 fully saturated rings. The molecule has 1 aliphatic heterocycles. The van der Waals surface area contributed by atoms with E-state index in [1.807, 2.05) is 0 Å². The molecule has 0 aromatic rings. The van der Waals surface area contributed by atoms with Gasteiger partial charge in [-0.25, -0.2) is 0 Å². The van der Waals surface area contributed by atoms with Gasteiger partial charge in [-0.3, -0.25) is 0 Å². The molecule has 1 heteroatoms. The first-order valence-corrected chi connectivity index (χ1v) is 4.74. The Kier molecular flexibility index (Phi) is 2.58. The zero-order chi connectivity index (χ0) is 8.48. The standard InChI is InChI=1S/C10H20O/c1-5-8(2)6-7-9-10(3,4)11-9/h8-9H,5-7H2,1-4H3/t8-,9?/m1/s1. The minimum atomic E-state index is 0.202. The molecule has 0 bridgehead atoms. The van der Waals surface area contributed by atoms with Crippen LogP contribution in [0.5, 0.6) is 0 Å². The van der Waals surface area contributed by atoms with Crippen LogP contribution in [0.2, 0.25) is 0 Å². The third-order valence-corrected chi connectivity index (χ3v) is 2.78. The summed E-state index contributed by atoms with van der Waals surface area (Å²) in [5.74, 6) is 0.870. The second kappa shape index (κ2) is 3.14. The Morgan fingerprint density at radius 3 is 2.36 bits per heavy atom. The summed E-state index contributed by atoms with van der Waals surface area (Å²) in [5.41, 5.74) is 0.202. The molecule has 1 aliphatic rings. The maximum atomic E-state index is 5.50. The van der Waals surface area contributed by atoms with E-state index in [4.69, 9.17) is 4.74 Å². The van der Waals surface area contributed by atoms with Crippen molar-refractivity contribution in [1.82, 2.24) is 0 Å². The molecule has 0 aliphatic carbocycles. The Hall–Kier alpha value is -0.0400.